The second kappa shape index (κ2) is 15.9. The van der Waals surface area contributed by atoms with Crippen LogP contribution in [-0.4, -0.2) is 62.8 Å². The van der Waals surface area contributed by atoms with E-state index < -0.39 is 0 Å². The van der Waals surface area contributed by atoms with Gasteiger partial charge in [0, 0.05) is 26.2 Å². The van der Waals surface area contributed by atoms with Crippen molar-refractivity contribution in [2.75, 3.05) is 45.9 Å². The number of guanidine groups is 1. The van der Waals surface area contributed by atoms with Gasteiger partial charge in [0.05, 0.1) is 6.10 Å². The Kier molecular flexibility index (Phi) is 14.7. The molecule has 0 spiro atoms. The molecule has 0 amide bonds. The molecule has 1 aliphatic carbocycles. The third kappa shape index (κ3) is 10.9. The van der Waals surface area contributed by atoms with Crippen LogP contribution in [0.5, 0.6) is 0 Å². The van der Waals surface area contributed by atoms with Crippen LogP contribution in [0.3, 0.4) is 0 Å². The van der Waals surface area contributed by atoms with Gasteiger partial charge in [0.25, 0.3) is 0 Å². The molecule has 0 unspecified atom stereocenters. The molecule has 0 aromatic rings. The molecule has 0 atom stereocenters. The van der Waals surface area contributed by atoms with Crippen molar-refractivity contribution < 1.29 is 4.74 Å². The maximum absolute atomic E-state index is 5.97. The zero-order chi connectivity index (χ0) is 17.6. The summed E-state index contributed by atoms with van der Waals surface area (Å²) >= 11 is 0. The molecule has 1 heterocycles. The topological polar surface area (TPSA) is 48.9 Å². The van der Waals surface area contributed by atoms with E-state index in [0.29, 0.717) is 6.10 Å². The minimum atomic E-state index is 0. The minimum Gasteiger partial charge on any atom is -0.378 e. The summed E-state index contributed by atoms with van der Waals surface area (Å²) in [5, 5.41) is 6.81. The van der Waals surface area contributed by atoms with Crippen molar-refractivity contribution in [3.05, 3.63) is 0 Å². The van der Waals surface area contributed by atoms with E-state index in [4.69, 9.17) is 4.74 Å². The minimum absolute atomic E-state index is 0. The molecule has 154 valence electrons. The Morgan fingerprint density at radius 3 is 2.50 bits per heavy atom. The predicted octanol–water partition coefficient (Wildman–Crippen LogP) is 3.77. The number of aliphatic imine (C=N–C) groups is 1. The van der Waals surface area contributed by atoms with Gasteiger partial charge in [-0.3, -0.25) is 4.99 Å². The first-order valence-corrected chi connectivity index (χ1v) is 10.7. The normalized spacial score (nSPS) is 19.3. The molecule has 6 heteroatoms. The Bertz CT molecular complexity index is 356. The number of rotatable bonds is 11. The van der Waals surface area contributed by atoms with E-state index in [1.807, 2.05) is 0 Å². The van der Waals surface area contributed by atoms with Gasteiger partial charge in [-0.2, -0.15) is 0 Å². The van der Waals surface area contributed by atoms with Crippen LogP contribution in [0.2, 0.25) is 0 Å². The number of nitrogens with zero attached hydrogens (tertiary/aromatic N) is 2. The Hall–Kier alpha value is -0.0800. The molecule has 2 N–H and O–H groups in total. The lowest BCUT2D eigenvalue weighted by Gasteiger charge is -2.21. The lowest BCUT2D eigenvalue weighted by molar-refractivity contribution is 0.0281. The van der Waals surface area contributed by atoms with Gasteiger partial charge in [-0.1, -0.05) is 19.3 Å². The second-order valence-electron chi connectivity index (χ2n) is 7.43. The number of hydrogen-bond acceptors (Lipinski definition) is 3. The molecule has 5 nitrogen and oxygen atoms in total. The van der Waals surface area contributed by atoms with Gasteiger partial charge in [-0.25, -0.2) is 0 Å². The highest BCUT2D eigenvalue weighted by Crippen LogP contribution is 2.20. The summed E-state index contributed by atoms with van der Waals surface area (Å²) < 4.78 is 5.97. The quantitative estimate of drug-likeness (QED) is 0.205. The average molecular weight is 480 g/mol. The van der Waals surface area contributed by atoms with E-state index >= 15 is 0 Å². The first-order valence-electron chi connectivity index (χ1n) is 10.7. The smallest absolute Gasteiger partial charge is 0.191 e. The average Bonchev–Trinajstić information content (AvgIpc) is 3.15. The lowest BCUT2D eigenvalue weighted by Crippen LogP contribution is -2.38. The summed E-state index contributed by atoms with van der Waals surface area (Å²) in [6.07, 6.45) is 13.4. The molecule has 0 aromatic carbocycles. The Morgan fingerprint density at radius 1 is 1.00 bits per heavy atom. The lowest BCUT2D eigenvalue weighted by atomic mass is 9.98. The predicted molar refractivity (Wildman–Crippen MR) is 122 cm³/mol. The van der Waals surface area contributed by atoms with Crippen molar-refractivity contribution in [1.29, 1.82) is 0 Å². The number of nitrogens with one attached hydrogen (secondary N) is 2. The van der Waals surface area contributed by atoms with Crippen molar-refractivity contribution in [1.82, 2.24) is 15.5 Å². The highest BCUT2D eigenvalue weighted by molar-refractivity contribution is 14.0. The molecule has 2 fully saturated rings. The van der Waals surface area contributed by atoms with Crippen LogP contribution in [-0.2, 0) is 4.74 Å². The zero-order valence-corrected chi connectivity index (χ0v) is 19.1. The van der Waals surface area contributed by atoms with Crippen molar-refractivity contribution in [2.45, 2.75) is 77.2 Å². The van der Waals surface area contributed by atoms with Crippen LogP contribution in [0.1, 0.15) is 71.1 Å². The summed E-state index contributed by atoms with van der Waals surface area (Å²) in [6.45, 7) is 9.61. The van der Waals surface area contributed by atoms with E-state index in [9.17, 15) is 0 Å². The summed E-state index contributed by atoms with van der Waals surface area (Å²) in [5.74, 6) is 0.960. The fourth-order valence-corrected chi connectivity index (χ4v) is 3.75. The van der Waals surface area contributed by atoms with Crippen molar-refractivity contribution in [3.63, 3.8) is 0 Å². The van der Waals surface area contributed by atoms with Gasteiger partial charge >= 0.3 is 0 Å². The highest BCUT2D eigenvalue weighted by atomic mass is 127. The monoisotopic (exact) mass is 480 g/mol. The van der Waals surface area contributed by atoms with E-state index in [1.165, 1.54) is 77.4 Å². The molecule has 1 saturated carbocycles. The molecular formula is C20H41IN4O. The number of unbranched alkanes of at least 4 members (excludes halogenated alkanes) is 1. The van der Waals surface area contributed by atoms with Gasteiger partial charge in [-0.15, -0.1) is 24.0 Å². The van der Waals surface area contributed by atoms with Gasteiger partial charge in [0.15, 0.2) is 5.96 Å². The van der Waals surface area contributed by atoms with Crippen molar-refractivity contribution in [3.8, 4) is 0 Å². The van der Waals surface area contributed by atoms with Crippen molar-refractivity contribution in [2.24, 2.45) is 4.99 Å². The van der Waals surface area contributed by atoms with Gasteiger partial charge in [0.1, 0.15) is 0 Å². The summed E-state index contributed by atoms with van der Waals surface area (Å²) in [6, 6.07) is 0. The summed E-state index contributed by atoms with van der Waals surface area (Å²) in [4.78, 5) is 7.26. The summed E-state index contributed by atoms with van der Waals surface area (Å²) in [7, 11) is 0. The van der Waals surface area contributed by atoms with E-state index in [-0.39, 0.29) is 24.0 Å². The number of halogens is 1. The van der Waals surface area contributed by atoms with Gasteiger partial charge in [0.2, 0.25) is 0 Å². The molecule has 2 aliphatic rings. The molecule has 2 rings (SSSR count). The maximum atomic E-state index is 5.97. The number of ether oxygens (including phenoxy) is 1. The number of hydrogen-bond donors (Lipinski definition) is 2. The van der Waals surface area contributed by atoms with E-state index in [1.54, 1.807) is 0 Å². The fraction of sp³-hybridized carbons (Fsp3) is 0.950. The Morgan fingerprint density at radius 2 is 1.77 bits per heavy atom. The molecular weight excluding hydrogens is 439 g/mol. The molecule has 1 aliphatic heterocycles. The molecule has 1 saturated heterocycles. The fourth-order valence-electron chi connectivity index (χ4n) is 3.75. The molecule has 0 aromatic heterocycles. The number of likely N-dealkylation sites (tertiary alicyclic amines) is 1. The Balaban J connectivity index is 0.00000338. The highest BCUT2D eigenvalue weighted by Gasteiger charge is 2.13. The maximum Gasteiger partial charge on any atom is 0.191 e. The van der Waals surface area contributed by atoms with Crippen LogP contribution < -0.4 is 10.6 Å². The SMILES string of the molecule is CCNC(=NCCCOC1CCCCC1)NCCCCN1CCCC1.I. The van der Waals surface area contributed by atoms with Crippen LogP contribution >= 0.6 is 24.0 Å². The molecule has 0 radical (unpaired) electrons. The van der Waals surface area contributed by atoms with Crippen LogP contribution in [0.4, 0.5) is 0 Å². The first-order chi connectivity index (χ1) is 12.4. The molecule has 0 bridgehead atoms. The van der Waals surface area contributed by atoms with E-state index in [2.05, 4.69) is 27.4 Å². The van der Waals surface area contributed by atoms with Gasteiger partial charge in [-0.05, 0) is 71.5 Å². The van der Waals surface area contributed by atoms with Crippen LogP contribution in [0.25, 0.3) is 0 Å². The van der Waals surface area contributed by atoms with Crippen molar-refractivity contribution >= 4 is 29.9 Å². The van der Waals surface area contributed by atoms with Crippen LogP contribution in [0.15, 0.2) is 4.99 Å². The standard InChI is InChI=1S/C20H40N4O.HI/c1-2-21-20(22-13-6-7-15-24-16-8-9-17-24)23-14-10-18-25-19-11-4-3-5-12-19;/h19H,2-18H2,1H3,(H2,21,22,23);1H. The van der Waals surface area contributed by atoms with Gasteiger partial charge < -0.3 is 20.3 Å². The third-order valence-corrected chi connectivity index (χ3v) is 5.21. The zero-order valence-electron chi connectivity index (χ0n) is 16.8. The van der Waals surface area contributed by atoms with Crippen LogP contribution in [0, 0.1) is 0 Å². The largest absolute Gasteiger partial charge is 0.378 e. The second-order valence-corrected chi connectivity index (χ2v) is 7.43. The summed E-state index contributed by atoms with van der Waals surface area (Å²) in [5.41, 5.74) is 0. The van der Waals surface area contributed by atoms with E-state index in [0.717, 1.165) is 38.6 Å². The molecule has 26 heavy (non-hydrogen) atoms. The Labute approximate surface area is 178 Å². The first kappa shape index (κ1) is 24.0. The third-order valence-electron chi connectivity index (χ3n) is 5.21.